The van der Waals surface area contributed by atoms with E-state index >= 15 is 0 Å². The molecule has 0 aromatic carbocycles. The molecule has 0 saturated heterocycles. The van der Waals surface area contributed by atoms with Crippen LogP contribution < -0.4 is 16.0 Å². The fourth-order valence-electron chi connectivity index (χ4n) is 3.37. The Morgan fingerprint density at radius 3 is 1.37 bits per heavy atom. The highest BCUT2D eigenvalue weighted by atomic mass is 79.9. The summed E-state index contributed by atoms with van der Waals surface area (Å²) in [6.45, 7) is 15.8. The molecule has 52 heavy (non-hydrogen) atoms. The minimum Gasteiger partial charge on any atom is -0.464 e. The molecule has 0 aliphatic rings. The normalized spacial score (nSPS) is 13.0. The lowest BCUT2D eigenvalue weighted by molar-refractivity contribution is -0.170. The number of alkyl halides is 3. The predicted octanol–water partition coefficient (Wildman–Crippen LogP) is 3.32. The fraction of sp³-hybridized carbons (Fsp3) is 0.818. The van der Waals surface area contributed by atoms with E-state index in [1.165, 1.54) is 6.92 Å². The second-order valence-electron chi connectivity index (χ2n) is 14.4. The van der Waals surface area contributed by atoms with Gasteiger partial charge in [-0.05, 0) is 69.2 Å². The summed E-state index contributed by atoms with van der Waals surface area (Å²) >= 11 is 9.74. The van der Waals surface area contributed by atoms with Gasteiger partial charge in [-0.25, -0.2) is 4.79 Å². The Labute approximate surface area is 331 Å². The molecule has 1 atom stereocenters. The molecule has 0 fully saturated rings. The Morgan fingerprint density at radius 1 is 0.577 bits per heavy atom. The molecule has 0 aliphatic carbocycles. The van der Waals surface area contributed by atoms with Crippen LogP contribution in [0.3, 0.4) is 0 Å². The van der Waals surface area contributed by atoms with Crippen molar-refractivity contribution in [3.05, 3.63) is 0 Å². The van der Waals surface area contributed by atoms with E-state index < -0.39 is 66.5 Å². The zero-order chi connectivity index (χ0) is 40.4. The Morgan fingerprint density at radius 2 is 0.981 bits per heavy atom. The summed E-state index contributed by atoms with van der Waals surface area (Å²) in [4.78, 5) is 74.2. The van der Waals surface area contributed by atoms with Crippen molar-refractivity contribution in [2.75, 3.05) is 72.6 Å². The van der Waals surface area contributed by atoms with Gasteiger partial charge < -0.3 is 49.1 Å². The van der Waals surface area contributed by atoms with E-state index in [0.29, 0.717) is 0 Å². The maximum atomic E-state index is 12.6. The second-order valence-corrected chi connectivity index (χ2v) is 20.3. The Bertz CT molecular complexity index is 1100. The number of amides is 3. The summed E-state index contributed by atoms with van der Waals surface area (Å²) < 4.78 is 35.1. The summed E-state index contributed by atoms with van der Waals surface area (Å²) in [6, 6.07) is -0.786. The fourth-order valence-corrected chi connectivity index (χ4v) is 3.71. The summed E-state index contributed by atoms with van der Waals surface area (Å²) in [5.74, 6) is -2.72. The third-order valence-electron chi connectivity index (χ3n) is 6.24. The number of carbonyl (C=O) groups excluding carboxylic acids is 6. The van der Waals surface area contributed by atoms with E-state index in [1.54, 1.807) is 62.3 Å². The number of esters is 3. The summed E-state index contributed by atoms with van der Waals surface area (Å²) in [7, 11) is 0. The quantitative estimate of drug-likeness (QED) is 0.0551. The van der Waals surface area contributed by atoms with Gasteiger partial charge in [0.1, 0.15) is 51.0 Å². The van der Waals surface area contributed by atoms with Crippen molar-refractivity contribution in [1.29, 1.82) is 0 Å². The van der Waals surface area contributed by atoms with Crippen LogP contribution in [0.5, 0.6) is 0 Å². The Balaban J connectivity index is 4.84. The highest BCUT2D eigenvalue weighted by molar-refractivity contribution is 9.10. The van der Waals surface area contributed by atoms with E-state index in [4.69, 9.17) is 33.2 Å². The Kier molecular flexibility index (Phi) is 22.1. The smallest absolute Gasteiger partial charge is 0.408 e. The molecule has 3 N–H and O–H groups in total. The first-order valence-electron chi connectivity index (χ1n) is 16.5. The largest absolute Gasteiger partial charge is 0.464 e. The summed E-state index contributed by atoms with van der Waals surface area (Å²) in [5, 5.41) is 7.75. The van der Waals surface area contributed by atoms with Crippen LogP contribution in [0, 0.1) is 5.41 Å². The molecular weight excluding hydrogens is 886 g/mol. The van der Waals surface area contributed by atoms with Gasteiger partial charge in [0.05, 0.1) is 38.4 Å². The van der Waals surface area contributed by atoms with Gasteiger partial charge in [0, 0.05) is 13.1 Å². The highest BCUT2D eigenvalue weighted by Gasteiger charge is 2.41. The molecule has 0 heterocycles. The monoisotopic (exact) mass is 939 g/mol. The molecular formula is C33H56Br3N3O13. The zero-order valence-corrected chi connectivity index (χ0v) is 36.6. The lowest BCUT2D eigenvalue weighted by Gasteiger charge is -2.34. The van der Waals surface area contributed by atoms with E-state index in [1.807, 2.05) is 0 Å². The van der Waals surface area contributed by atoms with Crippen molar-refractivity contribution >= 4 is 83.6 Å². The average Bonchev–Trinajstić information content (AvgIpc) is 2.99. The topological polar surface area (TPSA) is 203 Å². The molecule has 0 radical (unpaired) electrons. The number of alkyl carbamates (subject to hydrolysis) is 1. The minimum absolute atomic E-state index is 0.166. The third kappa shape index (κ3) is 23.6. The van der Waals surface area contributed by atoms with Crippen LogP contribution in [0.25, 0.3) is 0 Å². The van der Waals surface area contributed by atoms with Gasteiger partial charge >= 0.3 is 24.0 Å². The third-order valence-corrected chi connectivity index (χ3v) is 7.21. The predicted molar refractivity (Wildman–Crippen MR) is 202 cm³/mol. The SMILES string of the molecule is C[C@H](NC(=O)OC(C)(C)C)C(=O)NCCOCCOCCNC(=O)COCC(COC(=O)C(C)(C)Br)(COC(=O)C(C)(C)Br)COC(=O)C(C)(C)Br. The van der Waals surface area contributed by atoms with E-state index in [0.717, 1.165) is 0 Å². The minimum atomic E-state index is -1.36. The molecule has 0 saturated carbocycles. The van der Waals surface area contributed by atoms with Crippen LogP contribution in [0.4, 0.5) is 4.79 Å². The first-order chi connectivity index (χ1) is 23.7. The molecule has 0 aliphatic heterocycles. The first kappa shape index (κ1) is 49.9. The molecule has 302 valence electrons. The van der Waals surface area contributed by atoms with Crippen LogP contribution >= 0.6 is 47.8 Å². The van der Waals surface area contributed by atoms with Gasteiger partial charge in [0.2, 0.25) is 11.8 Å². The lowest BCUT2D eigenvalue weighted by Crippen LogP contribution is -2.47. The zero-order valence-electron chi connectivity index (χ0n) is 31.8. The number of hydrogen-bond acceptors (Lipinski definition) is 13. The van der Waals surface area contributed by atoms with Gasteiger partial charge in [0.25, 0.3) is 0 Å². The van der Waals surface area contributed by atoms with Gasteiger partial charge in [-0.1, -0.05) is 47.8 Å². The van der Waals surface area contributed by atoms with Crippen molar-refractivity contribution in [1.82, 2.24) is 16.0 Å². The van der Waals surface area contributed by atoms with Crippen molar-refractivity contribution in [2.45, 2.75) is 93.9 Å². The average molecular weight is 943 g/mol. The maximum absolute atomic E-state index is 12.6. The molecule has 0 rings (SSSR count). The molecule has 16 nitrogen and oxygen atoms in total. The second kappa shape index (κ2) is 23.0. The van der Waals surface area contributed by atoms with Crippen LogP contribution in [0.1, 0.15) is 69.2 Å². The standard InChI is InChI=1S/C33H56Br3N3O13/c1-22(39-28(45)52-29(2,3)4)24(41)38-12-14-47-16-15-46-13-11-37-23(40)17-48-18-33(19-49-25(42)30(5,6)34,20-50-26(43)31(7,8)35)21-51-27(44)32(9,10)36/h22H,11-21H2,1-10H3,(H,37,40)(H,38,41)(H,39,45)/t22-/m0/s1. The number of hydrogen-bond donors (Lipinski definition) is 3. The number of carbonyl (C=O) groups is 6. The van der Waals surface area contributed by atoms with Gasteiger partial charge in [0.15, 0.2) is 0 Å². The number of halogens is 3. The molecule has 0 unspecified atom stereocenters. The Hall–Kier alpha value is -2.06. The molecule has 3 amide bonds. The number of rotatable bonds is 24. The number of nitrogens with one attached hydrogen (secondary N) is 3. The molecule has 0 aromatic rings. The number of ether oxygens (including phenoxy) is 7. The van der Waals surface area contributed by atoms with Crippen LogP contribution in [0.15, 0.2) is 0 Å². The molecule has 0 aromatic heterocycles. The van der Waals surface area contributed by atoms with Gasteiger partial charge in [-0.2, -0.15) is 0 Å². The van der Waals surface area contributed by atoms with Crippen molar-refractivity contribution in [2.24, 2.45) is 5.41 Å². The van der Waals surface area contributed by atoms with E-state index in [9.17, 15) is 28.8 Å². The van der Waals surface area contributed by atoms with Crippen molar-refractivity contribution < 1.29 is 61.9 Å². The van der Waals surface area contributed by atoms with Gasteiger partial charge in [-0.3, -0.25) is 24.0 Å². The van der Waals surface area contributed by atoms with Crippen molar-refractivity contribution in [3.8, 4) is 0 Å². The highest BCUT2D eigenvalue weighted by Crippen LogP contribution is 2.27. The van der Waals surface area contributed by atoms with Crippen LogP contribution in [0.2, 0.25) is 0 Å². The molecule has 19 heteroatoms. The van der Waals surface area contributed by atoms with Crippen LogP contribution in [-0.2, 0) is 57.1 Å². The lowest BCUT2D eigenvalue weighted by atomic mass is 9.92. The van der Waals surface area contributed by atoms with E-state index in [-0.39, 0.29) is 71.9 Å². The first-order valence-corrected chi connectivity index (χ1v) is 18.9. The summed E-state index contributed by atoms with van der Waals surface area (Å²) in [5.41, 5.74) is -2.04. The van der Waals surface area contributed by atoms with Crippen LogP contribution in [-0.4, -0.2) is 133 Å². The van der Waals surface area contributed by atoms with Crippen molar-refractivity contribution in [3.63, 3.8) is 0 Å². The maximum Gasteiger partial charge on any atom is 0.408 e. The summed E-state index contributed by atoms with van der Waals surface area (Å²) in [6.07, 6.45) is -0.687. The van der Waals surface area contributed by atoms with Gasteiger partial charge in [-0.15, -0.1) is 0 Å². The molecule has 0 spiro atoms. The molecule has 0 bridgehead atoms. The van der Waals surface area contributed by atoms with E-state index in [2.05, 4.69) is 63.7 Å².